The molecule has 0 amide bonds. The molecule has 3 heteroatoms. The molecule has 0 atom stereocenters. The molecule has 2 aromatic carbocycles. The lowest BCUT2D eigenvalue weighted by Gasteiger charge is -2.36. The molecule has 0 unspecified atom stereocenters. The fraction of sp³-hybridized carbons (Fsp3) is 0.333. The van der Waals surface area contributed by atoms with Gasteiger partial charge in [0.25, 0.3) is 0 Å². The summed E-state index contributed by atoms with van der Waals surface area (Å²) >= 11 is 0. The van der Waals surface area contributed by atoms with Gasteiger partial charge in [-0.05, 0) is 36.2 Å². The molecule has 2 aromatic rings. The second-order valence-electron chi connectivity index (χ2n) is 5.79. The van der Waals surface area contributed by atoms with E-state index in [0.717, 1.165) is 38.4 Å². The van der Waals surface area contributed by atoms with Crippen LogP contribution in [0.4, 0.5) is 11.4 Å². The monoisotopic (exact) mass is 281 g/mol. The number of hydrogen-bond donors (Lipinski definition) is 1. The number of aryl methyl sites for hydroxylation is 1. The Labute approximate surface area is 127 Å². The predicted molar refractivity (Wildman–Crippen MR) is 89.5 cm³/mol. The van der Waals surface area contributed by atoms with Gasteiger partial charge in [0.05, 0.1) is 0 Å². The van der Waals surface area contributed by atoms with Gasteiger partial charge in [0.15, 0.2) is 0 Å². The summed E-state index contributed by atoms with van der Waals surface area (Å²) in [6.07, 6.45) is 0. The smallest absolute Gasteiger partial charge is 0.0396 e. The van der Waals surface area contributed by atoms with E-state index in [4.69, 9.17) is 5.73 Å². The number of para-hydroxylation sites is 1. The molecular formula is C18H23N3. The molecule has 0 spiro atoms. The van der Waals surface area contributed by atoms with Crippen LogP contribution in [0.3, 0.4) is 0 Å². The molecule has 0 aromatic heterocycles. The van der Waals surface area contributed by atoms with Gasteiger partial charge in [0.2, 0.25) is 0 Å². The highest BCUT2D eigenvalue weighted by atomic mass is 15.3. The van der Waals surface area contributed by atoms with Crippen molar-refractivity contribution in [2.24, 2.45) is 0 Å². The topological polar surface area (TPSA) is 32.5 Å². The van der Waals surface area contributed by atoms with Gasteiger partial charge in [-0.1, -0.05) is 30.3 Å². The molecule has 1 heterocycles. The summed E-state index contributed by atoms with van der Waals surface area (Å²) in [7, 11) is 0. The van der Waals surface area contributed by atoms with Crippen LogP contribution in [0.1, 0.15) is 11.1 Å². The highest BCUT2D eigenvalue weighted by Gasteiger charge is 2.18. The highest BCUT2D eigenvalue weighted by molar-refractivity contribution is 5.53. The van der Waals surface area contributed by atoms with Crippen molar-refractivity contribution in [2.45, 2.75) is 13.5 Å². The molecule has 2 N–H and O–H groups in total. The number of piperazine rings is 1. The van der Waals surface area contributed by atoms with E-state index < -0.39 is 0 Å². The van der Waals surface area contributed by atoms with Crippen molar-refractivity contribution in [3.8, 4) is 0 Å². The first-order valence-electron chi connectivity index (χ1n) is 7.60. The number of anilines is 2. The Bertz CT molecular complexity index is 601. The summed E-state index contributed by atoms with van der Waals surface area (Å²) in [4.78, 5) is 4.99. The standard InChI is InChI=1S/C18H23N3/c1-15-5-2-3-8-18(15)21-11-9-20(10-12-21)14-16-6-4-7-17(19)13-16/h2-8,13H,9-12,14,19H2,1H3. The average molecular weight is 281 g/mol. The summed E-state index contributed by atoms with van der Waals surface area (Å²) in [5.74, 6) is 0. The van der Waals surface area contributed by atoms with Crippen LogP contribution >= 0.6 is 0 Å². The minimum absolute atomic E-state index is 0.853. The van der Waals surface area contributed by atoms with E-state index in [-0.39, 0.29) is 0 Å². The lowest BCUT2D eigenvalue weighted by molar-refractivity contribution is 0.250. The van der Waals surface area contributed by atoms with Crippen molar-refractivity contribution >= 4 is 11.4 Å². The highest BCUT2D eigenvalue weighted by Crippen LogP contribution is 2.21. The van der Waals surface area contributed by atoms with Crippen LogP contribution in [0.2, 0.25) is 0 Å². The largest absolute Gasteiger partial charge is 0.399 e. The molecule has 0 saturated carbocycles. The van der Waals surface area contributed by atoms with E-state index >= 15 is 0 Å². The fourth-order valence-electron chi connectivity index (χ4n) is 3.01. The summed E-state index contributed by atoms with van der Waals surface area (Å²) in [5, 5.41) is 0. The maximum absolute atomic E-state index is 5.85. The number of nitrogens with two attached hydrogens (primary N) is 1. The van der Waals surface area contributed by atoms with Crippen molar-refractivity contribution in [1.29, 1.82) is 0 Å². The van der Waals surface area contributed by atoms with Gasteiger partial charge in [-0.15, -0.1) is 0 Å². The quantitative estimate of drug-likeness (QED) is 0.878. The minimum atomic E-state index is 0.853. The Morgan fingerprint density at radius 3 is 2.43 bits per heavy atom. The van der Waals surface area contributed by atoms with Crippen molar-refractivity contribution in [3.05, 3.63) is 59.7 Å². The second kappa shape index (κ2) is 6.19. The van der Waals surface area contributed by atoms with Gasteiger partial charge in [-0.3, -0.25) is 4.90 Å². The SMILES string of the molecule is Cc1ccccc1N1CCN(Cc2cccc(N)c2)CC1. The lowest BCUT2D eigenvalue weighted by Crippen LogP contribution is -2.46. The maximum atomic E-state index is 5.85. The molecule has 0 radical (unpaired) electrons. The molecule has 1 saturated heterocycles. The molecule has 1 aliphatic heterocycles. The van der Waals surface area contributed by atoms with Crippen LogP contribution in [0.15, 0.2) is 48.5 Å². The normalized spacial score (nSPS) is 16.1. The Balaban J connectivity index is 1.59. The van der Waals surface area contributed by atoms with E-state index in [1.807, 2.05) is 12.1 Å². The molecule has 3 rings (SSSR count). The molecule has 1 aliphatic rings. The van der Waals surface area contributed by atoms with E-state index in [9.17, 15) is 0 Å². The number of rotatable bonds is 3. The molecule has 1 fully saturated rings. The lowest BCUT2D eigenvalue weighted by atomic mass is 10.1. The van der Waals surface area contributed by atoms with Crippen LogP contribution in [0.5, 0.6) is 0 Å². The third-order valence-electron chi connectivity index (χ3n) is 4.19. The molecular weight excluding hydrogens is 258 g/mol. The number of nitrogens with zero attached hydrogens (tertiary/aromatic N) is 2. The van der Waals surface area contributed by atoms with Gasteiger partial charge in [0, 0.05) is 44.1 Å². The third-order valence-corrected chi connectivity index (χ3v) is 4.19. The molecule has 110 valence electrons. The van der Waals surface area contributed by atoms with E-state index in [2.05, 4.69) is 53.1 Å². The first-order valence-corrected chi connectivity index (χ1v) is 7.60. The number of hydrogen-bond acceptors (Lipinski definition) is 3. The van der Waals surface area contributed by atoms with Gasteiger partial charge < -0.3 is 10.6 Å². The fourth-order valence-corrected chi connectivity index (χ4v) is 3.01. The second-order valence-corrected chi connectivity index (χ2v) is 5.79. The van der Waals surface area contributed by atoms with Crippen molar-refractivity contribution in [3.63, 3.8) is 0 Å². The number of nitrogen functional groups attached to an aromatic ring is 1. The Morgan fingerprint density at radius 2 is 1.71 bits per heavy atom. The first-order chi connectivity index (χ1) is 10.2. The summed E-state index contributed by atoms with van der Waals surface area (Å²) < 4.78 is 0. The van der Waals surface area contributed by atoms with Gasteiger partial charge in [0.1, 0.15) is 0 Å². The Kier molecular flexibility index (Phi) is 4.11. The van der Waals surface area contributed by atoms with Gasteiger partial charge in [-0.2, -0.15) is 0 Å². The van der Waals surface area contributed by atoms with Crippen LogP contribution in [0, 0.1) is 6.92 Å². The van der Waals surface area contributed by atoms with Gasteiger partial charge >= 0.3 is 0 Å². The van der Waals surface area contributed by atoms with Crippen LogP contribution in [-0.4, -0.2) is 31.1 Å². The Hall–Kier alpha value is -2.00. The van der Waals surface area contributed by atoms with E-state index in [1.54, 1.807) is 0 Å². The van der Waals surface area contributed by atoms with E-state index in [0.29, 0.717) is 0 Å². The minimum Gasteiger partial charge on any atom is -0.399 e. The first kappa shape index (κ1) is 14.0. The molecule has 21 heavy (non-hydrogen) atoms. The van der Waals surface area contributed by atoms with E-state index in [1.165, 1.54) is 16.8 Å². The molecule has 0 bridgehead atoms. The van der Waals surface area contributed by atoms with Crippen molar-refractivity contribution in [2.75, 3.05) is 36.8 Å². The van der Waals surface area contributed by atoms with Crippen LogP contribution in [-0.2, 0) is 6.54 Å². The summed E-state index contributed by atoms with van der Waals surface area (Å²) in [6.45, 7) is 7.56. The number of benzene rings is 2. The van der Waals surface area contributed by atoms with Crippen LogP contribution < -0.4 is 10.6 Å². The zero-order chi connectivity index (χ0) is 14.7. The summed E-state index contributed by atoms with van der Waals surface area (Å²) in [6, 6.07) is 16.9. The zero-order valence-electron chi connectivity index (χ0n) is 12.6. The molecule has 3 nitrogen and oxygen atoms in total. The summed E-state index contributed by atoms with van der Waals surface area (Å²) in [5.41, 5.74) is 10.7. The predicted octanol–water partition coefficient (Wildman–Crippen LogP) is 2.90. The van der Waals surface area contributed by atoms with Gasteiger partial charge in [-0.25, -0.2) is 0 Å². The zero-order valence-corrected chi connectivity index (χ0v) is 12.6. The average Bonchev–Trinajstić information content (AvgIpc) is 2.49. The molecule has 0 aliphatic carbocycles. The van der Waals surface area contributed by atoms with Crippen molar-refractivity contribution < 1.29 is 0 Å². The maximum Gasteiger partial charge on any atom is 0.0396 e. The Morgan fingerprint density at radius 1 is 0.952 bits per heavy atom. The van der Waals surface area contributed by atoms with Crippen LogP contribution in [0.25, 0.3) is 0 Å². The third kappa shape index (κ3) is 3.37. The van der Waals surface area contributed by atoms with Crippen molar-refractivity contribution in [1.82, 2.24) is 4.90 Å².